The Bertz CT molecular complexity index is 510. The highest BCUT2D eigenvalue weighted by atomic mass is 16.3. The summed E-state index contributed by atoms with van der Waals surface area (Å²) in [6.45, 7) is 4.85. The fraction of sp³-hybridized carbons (Fsp3) is 0.842. The molecule has 0 saturated heterocycles. The van der Waals surface area contributed by atoms with Crippen molar-refractivity contribution >= 4 is 5.71 Å². The topological polar surface area (TPSA) is 44.1 Å². The highest BCUT2D eigenvalue weighted by molar-refractivity contribution is 5.89. The quantitative estimate of drug-likeness (QED) is 0.640. The Hall–Kier alpha value is -0.630. The number of fused-ring (bicyclic) bond motifs is 5. The molecule has 0 aromatic rings. The summed E-state index contributed by atoms with van der Waals surface area (Å²) in [7, 11) is 0. The van der Waals surface area contributed by atoms with Gasteiger partial charge in [0.2, 0.25) is 0 Å². The molecule has 2 heteroatoms. The minimum Gasteiger partial charge on any atom is -0.393 e. The van der Waals surface area contributed by atoms with Gasteiger partial charge in [-0.1, -0.05) is 25.5 Å². The van der Waals surface area contributed by atoms with E-state index in [1.807, 2.05) is 0 Å². The van der Waals surface area contributed by atoms with E-state index in [0.717, 1.165) is 42.7 Å². The molecule has 4 aliphatic rings. The highest BCUT2D eigenvalue weighted by Gasteiger charge is 2.57. The largest absolute Gasteiger partial charge is 0.393 e. The van der Waals surface area contributed by atoms with Crippen LogP contribution in [0.1, 0.15) is 65.2 Å². The van der Waals surface area contributed by atoms with Gasteiger partial charge in [-0.2, -0.15) is 0 Å². The van der Waals surface area contributed by atoms with Crippen molar-refractivity contribution in [2.75, 3.05) is 0 Å². The Kier molecular flexibility index (Phi) is 2.96. The first-order chi connectivity index (χ1) is 9.95. The molecular formula is C19H29NO. The molecule has 1 unspecified atom stereocenters. The SMILES string of the molecule is C[C@]12CCC(O)CC1=CC[C@@H]1[C@H]2CC[C@]2(C)C(=N)CC[C@@H]12. The molecule has 6 atom stereocenters. The molecule has 4 rings (SSSR count). The van der Waals surface area contributed by atoms with Gasteiger partial charge in [0.05, 0.1) is 6.10 Å². The number of rotatable bonds is 0. The smallest absolute Gasteiger partial charge is 0.0577 e. The molecule has 0 heterocycles. The normalized spacial score (nSPS) is 52.7. The average Bonchev–Trinajstić information content (AvgIpc) is 2.76. The molecule has 0 aromatic heterocycles. The van der Waals surface area contributed by atoms with E-state index in [2.05, 4.69) is 19.9 Å². The van der Waals surface area contributed by atoms with Crippen LogP contribution in [0.3, 0.4) is 0 Å². The lowest BCUT2D eigenvalue weighted by molar-refractivity contribution is -0.0210. The van der Waals surface area contributed by atoms with Crippen molar-refractivity contribution in [3.63, 3.8) is 0 Å². The van der Waals surface area contributed by atoms with Crippen LogP contribution in [0.5, 0.6) is 0 Å². The molecule has 0 radical (unpaired) electrons. The zero-order chi connectivity index (χ0) is 14.8. The third-order valence-electron chi connectivity index (χ3n) is 7.86. The Labute approximate surface area is 128 Å². The molecule has 2 nitrogen and oxygen atoms in total. The number of aliphatic hydroxyl groups excluding tert-OH is 1. The van der Waals surface area contributed by atoms with Crippen molar-refractivity contribution in [1.29, 1.82) is 5.41 Å². The lowest BCUT2D eigenvalue weighted by Crippen LogP contribution is -2.50. The van der Waals surface area contributed by atoms with Crippen molar-refractivity contribution < 1.29 is 5.11 Å². The predicted molar refractivity (Wildman–Crippen MR) is 85.4 cm³/mol. The lowest BCUT2D eigenvalue weighted by Gasteiger charge is -2.57. The third-order valence-corrected chi connectivity index (χ3v) is 7.86. The molecule has 3 fully saturated rings. The van der Waals surface area contributed by atoms with Gasteiger partial charge in [0, 0.05) is 11.1 Å². The van der Waals surface area contributed by atoms with Crippen LogP contribution in [0.25, 0.3) is 0 Å². The van der Waals surface area contributed by atoms with Crippen molar-refractivity contribution in [2.24, 2.45) is 28.6 Å². The first-order valence-corrected chi connectivity index (χ1v) is 8.90. The number of aliphatic hydroxyl groups is 1. The second-order valence-corrected chi connectivity index (χ2v) is 8.63. The lowest BCUT2D eigenvalue weighted by atomic mass is 9.48. The van der Waals surface area contributed by atoms with E-state index in [1.54, 1.807) is 5.57 Å². The molecule has 0 aromatic carbocycles. The maximum absolute atomic E-state index is 10.0. The Morgan fingerprint density at radius 3 is 2.62 bits per heavy atom. The molecule has 3 saturated carbocycles. The molecular weight excluding hydrogens is 258 g/mol. The van der Waals surface area contributed by atoms with Gasteiger partial charge in [0.15, 0.2) is 0 Å². The average molecular weight is 287 g/mol. The van der Waals surface area contributed by atoms with E-state index in [0.29, 0.717) is 5.41 Å². The number of allylic oxidation sites excluding steroid dienone is 1. The number of hydrogen-bond donors (Lipinski definition) is 2. The molecule has 0 amide bonds. The maximum atomic E-state index is 10.0. The number of hydrogen-bond acceptors (Lipinski definition) is 2. The van der Waals surface area contributed by atoms with Crippen LogP contribution < -0.4 is 0 Å². The van der Waals surface area contributed by atoms with Gasteiger partial charge in [0.25, 0.3) is 0 Å². The van der Waals surface area contributed by atoms with Gasteiger partial charge in [-0.05, 0) is 74.5 Å². The van der Waals surface area contributed by atoms with Crippen molar-refractivity contribution in [3.8, 4) is 0 Å². The highest BCUT2D eigenvalue weighted by Crippen LogP contribution is 2.63. The first-order valence-electron chi connectivity index (χ1n) is 8.90. The Morgan fingerprint density at radius 1 is 1.10 bits per heavy atom. The molecule has 116 valence electrons. The minimum atomic E-state index is -0.102. The first kappa shape index (κ1) is 14.0. The van der Waals surface area contributed by atoms with Crippen LogP contribution in [0.4, 0.5) is 0 Å². The summed E-state index contributed by atoms with van der Waals surface area (Å²) >= 11 is 0. The summed E-state index contributed by atoms with van der Waals surface area (Å²) in [6, 6.07) is 0. The summed E-state index contributed by atoms with van der Waals surface area (Å²) in [4.78, 5) is 0. The predicted octanol–water partition coefficient (Wildman–Crippen LogP) is 4.33. The van der Waals surface area contributed by atoms with Crippen molar-refractivity contribution in [2.45, 2.75) is 71.3 Å². The molecule has 4 aliphatic carbocycles. The Morgan fingerprint density at radius 2 is 1.81 bits per heavy atom. The van der Waals surface area contributed by atoms with E-state index in [4.69, 9.17) is 5.41 Å². The fourth-order valence-electron chi connectivity index (χ4n) is 6.45. The van der Waals surface area contributed by atoms with Crippen LogP contribution in [0, 0.1) is 34.0 Å². The van der Waals surface area contributed by atoms with Gasteiger partial charge in [-0.25, -0.2) is 0 Å². The molecule has 21 heavy (non-hydrogen) atoms. The van der Waals surface area contributed by atoms with E-state index in [9.17, 15) is 5.11 Å². The van der Waals surface area contributed by atoms with Crippen molar-refractivity contribution in [1.82, 2.24) is 0 Å². The van der Waals surface area contributed by atoms with Gasteiger partial charge in [-0.3, -0.25) is 0 Å². The van der Waals surface area contributed by atoms with Gasteiger partial charge >= 0.3 is 0 Å². The number of nitrogens with one attached hydrogen (secondary N) is 1. The molecule has 0 spiro atoms. The van der Waals surface area contributed by atoms with Crippen molar-refractivity contribution in [3.05, 3.63) is 11.6 Å². The monoisotopic (exact) mass is 287 g/mol. The summed E-state index contributed by atoms with van der Waals surface area (Å²) in [6.07, 6.45) is 11.5. The van der Waals surface area contributed by atoms with Gasteiger partial charge in [-0.15, -0.1) is 0 Å². The van der Waals surface area contributed by atoms with E-state index < -0.39 is 0 Å². The minimum absolute atomic E-state index is 0.102. The van der Waals surface area contributed by atoms with Crippen LogP contribution >= 0.6 is 0 Å². The summed E-state index contributed by atoms with van der Waals surface area (Å²) in [5, 5.41) is 18.4. The van der Waals surface area contributed by atoms with Gasteiger partial charge in [0.1, 0.15) is 0 Å². The summed E-state index contributed by atoms with van der Waals surface area (Å²) < 4.78 is 0. The zero-order valence-corrected chi connectivity index (χ0v) is 13.5. The fourth-order valence-corrected chi connectivity index (χ4v) is 6.45. The standard InChI is InChI=1S/C19H29NO/c1-18-9-7-13(21)11-12(18)3-4-14-15-5-6-17(20)19(15,2)10-8-16(14)18/h3,13-16,20-21H,4-11H2,1-2H3/t13?,14-,15-,16+,18-,19-/m0/s1. The van der Waals surface area contributed by atoms with Crippen LogP contribution in [0.15, 0.2) is 11.6 Å². The molecule has 0 bridgehead atoms. The molecule has 2 N–H and O–H groups in total. The zero-order valence-electron chi connectivity index (χ0n) is 13.5. The maximum Gasteiger partial charge on any atom is 0.0577 e. The van der Waals surface area contributed by atoms with Gasteiger partial charge < -0.3 is 10.5 Å². The Balaban J connectivity index is 1.69. The van der Waals surface area contributed by atoms with E-state index in [-0.39, 0.29) is 11.5 Å². The van der Waals surface area contributed by atoms with E-state index in [1.165, 1.54) is 32.1 Å². The van der Waals surface area contributed by atoms with Crippen LogP contribution in [0.2, 0.25) is 0 Å². The second-order valence-electron chi connectivity index (χ2n) is 8.63. The van der Waals surface area contributed by atoms with Crippen LogP contribution in [-0.4, -0.2) is 16.9 Å². The second kappa shape index (κ2) is 4.44. The van der Waals surface area contributed by atoms with Crippen LogP contribution in [-0.2, 0) is 0 Å². The van der Waals surface area contributed by atoms with E-state index >= 15 is 0 Å². The molecule has 0 aliphatic heterocycles. The summed E-state index contributed by atoms with van der Waals surface area (Å²) in [5.41, 5.74) is 3.13. The third kappa shape index (κ3) is 1.78. The summed E-state index contributed by atoms with van der Waals surface area (Å²) in [5.74, 6) is 2.33.